The third-order valence-electron chi connectivity index (χ3n) is 4.52. The number of nitrogens with zero attached hydrogens (tertiary/aromatic N) is 2. The summed E-state index contributed by atoms with van der Waals surface area (Å²) in [7, 11) is 0. The van der Waals surface area contributed by atoms with Crippen molar-refractivity contribution in [2.75, 3.05) is 5.32 Å². The molecule has 3 rings (SSSR count). The first-order valence-corrected chi connectivity index (χ1v) is 8.32. The van der Waals surface area contributed by atoms with Gasteiger partial charge in [0.05, 0.1) is 18.4 Å². The van der Waals surface area contributed by atoms with Crippen molar-refractivity contribution in [2.24, 2.45) is 11.7 Å². The van der Waals surface area contributed by atoms with Gasteiger partial charge in [-0.05, 0) is 24.3 Å². The fourth-order valence-electron chi connectivity index (χ4n) is 3.23. The molecule has 2 atom stereocenters. The Hall–Kier alpha value is -1.85. The van der Waals surface area contributed by atoms with Crippen LogP contribution in [-0.4, -0.2) is 21.7 Å². The van der Waals surface area contributed by atoms with Crippen LogP contribution < -0.4 is 11.1 Å². The fourth-order valence-corrected chi connectivity index (χ4v) is 3.23. The summed E-state index contributed by atoms with van der Waals surface area (Å²) in [5, 5.41) is 7.24. The van der Waals surface area contributed by atoms with Crippen LogP contribution in [0.5, 0.6) is 0 Å². The summed E-state index contributed by atoms with van der Waals surface area (Å²) in [6.07, 6.45) is 8.53. The van der Waals surface area contributed by atoms with Gasteiger partial charge in [-0.2, -0.15) is 5.10 Å². The number of aromatic nitrogens is 2. The molecule has 3 N–H and O–H groups in total. The molecular formula is C18H25ClN4O. The zero-order valence-electron chi connectivity index (χ0n) is 13.7. The van der Waals surface area contributed by atoms with Gasteiger partial charge in [0.2, 0.25) is 5.91 Å². The molecule has 1 heterocycles. The third-order valence-corrected chi connectivity index (χ3v) is 4.52. The topological polar surface area (TPSA) is 72.9 Å². The second kappa shape index (κ2) is 8.85. The summed E-state index contributed by atoms with van der Waals surface area (Å²) >= 11 is 0. The fraction of sp³-hybridized carbons (Fsp3) is 0.444. The van der Waals surface area contributed by atoms with E-state index >= 15 is 0 Å². The molecule has 1 fully saturated rings. The van der Waals surface area contributed by atoms with Gasteiger partial charge in [-0.25, -0.2) is 0 Å². The molecule has 24 heavy (non-hydrogen) atoms. The molecule has 1 saturated carbocycles. The van der Waals surface area contributed by atoms with E-state index in [0.29, 0.717) is 18.9 Å². The number of nitrogens with one attached hydrogen (secondary N) is 1. The maximum absolute atomic E-state index is 12.2. The third kappa shape index (κ3) is 5.08. The molecular weight excluding hydrogens is 324 g/mol. The first-order valence-electron chi connectivity index (χ1n) is 8.32. The Morgan fingerprint density at radius 3 is 2.75 bits per heavy atom. The maximum atomic E-state index is 12.2. The van der Waals surface area contributed by atoms with Crippen molar-refractivity contribution >= 4 is 24.0 Å². The lowest BCUT2D eigenvalue weighted by Gasteiger charge is -2.27. The van der Waals surface area contributed by atoms with Gasteiger partial charge in [0.1, 0.15) is 0 Å². The molecule has 0 radical (unpaired) electrons. The van der Waals surface area contributed by atoms with Crippen molar-refractivity contribution in [1.82, 2.24) is 9.78 Å². The van der Waals surface area contributed by atoms with Gasteiger partial charge in [-0.3, -0.25) is 9.48 Å². The molecule has 5 nitrogen and oxygen atoms in total. The number of halogens is 1. The van der Waals surface area contributed by atoms with Crippen molar-refractivity contribution in [2.45, 2.75) is 44.7 Å². The first kappa shape index (κ1) is 18.5. The zero-order chi connectivity index (χ0) is 16.1. The van der Waals surface area contributed by atoms with E-state index < -0.39 is 0 Å². The first-order chi connectivity index (χ1) is 11.2. The van der Waals surface area contributed by atoms with Gasteiger partial charge < -0.3 is 11.1 Å². The number of carbonyl (C=O) groups excluding carboxylic acids is 1. The Morgan fingerprint density at radius 2 is 2.00 bits per heavy atom. The minimum absolute atomic E-state index is 0. The SMILES string of the molecule is Cl.NC1CCCCC1CC(=O)Nc1cnn(Cc2ccccc2)c1. The Morgan fingerprint density at radius 1 is 1.25 bits per heavy atom. The number of anilines is 1. The van der Waals surface area contributed by atoms with Crippen molar-refractivity contribution in [3.63, 3.8) is 0 Å². The highest BCUT2D eigenvalue weighted by Crippen LogP contribution is 2.26. The van der Waals surface area contributed by atoms with Gasteiger partial charge in [-0.1, -0.05) is 43.2 Å². The lowest BCUT2D eigenvalue weighted by molar-refractivity contribution is -0.117. The maximum Gasteiger partial charge on any atom is 0.224 e. The van der Waals surface area contributed by atoms with Crippen LogP contribution in [-0.2, 0) is 11.3 Å². The highest BCUT2D eigenvalue weighted by atomic mass is 35.5. The standard InChI is InChI=1S/C18H24N4O.ClH/c19-17-9-5-4-8-15(17)10-18(23)21-16-11-20-22(13-16)12-14-6-2-1-3-7-14;/h1-3,6-7,11,13,15,17H,4-5,8-10,12,19H2,(H,21,23);1H. The van der Waals surface area contributed by atoms with Crippen LogP contribution in [0.1, 0.15) is 37.7 Å². The lowest BCUT2D eigenvalue weighted by atomic mass is 9.83. The molecule has 6 heteroatoms. The van der Waals surface area contributed by atoms with E-state index in [2.05, 4.69) is 22.5 Å². The van der Waals surface area contributed by atoms with Crippen LogP contribution in [0.2, 0.25) is 0 Å². The summed E-state index contributed by atoms with van der Waals surface area (Å²) < 4.78 is 1.83. The number of carbonyl (C=O) groups is 1. The Labute approximate surface area is 149 Å². The molecule has 0 bridgehead atoms. The monoisotopic (exact) mass is 348 g/mol. The molecule has 0 aliphatic heterocycles. The van der Waals surface area contributed by atoms with Gasteiger partial charge in [-0.15, -0.1) is 12.4 Å². The molecule has 1 aliphatic carbocycles. The van der Waals surface area contributed by atoms with E-state index in [9.17, 15) is 4.79 Å². The summed E-state index contributed by atoms with van der Waals surface area (Å²) in [4.78, 5) is 12.2. The van der Waals surface area contributed by atoms with Gasteiger partial charge in [0.25, 0.3) is 0 Å². The van der Waals surface area contributed by atoms with E-state index in [4.69, 9.17) is 5.73 Å². The summed E-state index contributed by atoms with van der Waals surface area (Å²) in [5.74, 6) is 0.342. The van der Waals surface area contributed by atoms with Gasteiger partial charge in [0, 0.05) is 18.7 Å². The number of hydrogen-bond donors (Lipinski definition) is 2. The van der Waals surface area contributed by atoms with Crippen molar-refractivity contribution in [1.29, 1.82) is 0 Å². The van der Waals surface area contributed by atoms with E-state index in [-0.39, 0.29) is 24.4 Å². The van der Waals surface area contributed by atoms with E-state index in [1.807, 2.05) is 29.1 Å². The molecule has 1 aromatic carbocycles. The average Bonchev–Trinajstić information content (AvgIpc) is 2.97. The van der Waals surface area contributed by atoms with Crippen molar-refractivity contribution < 1.29 is 4.79 Å². The normalized spacial score (nSPS) is 20.2. The minimum Gasteiger partial charge on any atom is -0.327 e. The molecule has 2 aromatic rings. The predicted molar refractivity (Wildman–Crippen MR) is 98.2 cm³/mol. The van der Waals surface area contributed by atoms with E-state index in [0.717, 1.165) is 18.5 Å². The number of rotatable bonds is 5. The van der Waals surface area contributed by atoms with Gasteiger partial charge in [0.15, 0.2) is 0 Å². The largest absolute Gasteiger partial charge is 0.327 e. The second-order valence-electron chi connectivity index (χ2n) is 6.37. The van der Waals surface area contributed by atoms with Crippen LogP contribution in [0, 0.1) is 5.92 Å². The van der Waals surface area contributed by atoms with E-state index in [1.54, 1.807) is 6.20 Å². The molecule has 130 valence electrons. The van der Waals surface area contributed by atoms with Crippen molar-refractivity contribution in [3.05, 3.63) is 48.3 Å². The highest BCUT2D eigenvalue weighted by Gasteiger charge is 2.24. The Bertz CT molecular complexity index is 643. The van der Waals surface area contributed by atoms with Gasteiger partial charge >= 0.3 is 0 Å². The molecule has 0 spiro atoms. The summed E-state index contributed by atoms with van der Waals surface area (Å²) in [5.41, 5.74) is 8.04. The number of benzene rings is 1. The predicted octanol–water partition coefficient (Wildman–Crippen LogP) is 3.20. The zero-order valence-corrected chi connectivity index (χ0v) is 14.5. The lowest BCUT2D eigenvalue weighted by Crippen LogP contribution is -2.35. The van der Waals surface area contributed by atoms with Crippen molar-refractivity contribution in [3.8, 4) is 0 Å². The number of amides is 1. The van der Waals surface area contributed by atoms with E-state index in [1.165, 1.54) is 18.4 Å². The van der Waals surface area contributed by atoms with Crippen LogP contribution in [0.15, 0.2) is 42.7 Å². The molecule has 1 aliphatic rings. The highest BCUT2D eigenvalue weighted by molar-refractivity contribution is 5.90. The van der Waals surface area contributed by atoms with Crippen LogP contribution >= 0.6 is 12.4 Å². The molecule has 2 unspecified atom stereocenters. The summed E-state index contributed by atoms with van der Waals surface area (Å²) in [6.45, 7) is 0.699. The average molecular weight is 349 g/mol. The molecule has 1 amide bonds. The van der Waals surface area contributed by atoms with Crippen LogP contribution in [0.25, 0.3) is 0 Å². The molecule has 1 aromatic heterocycles. The minimum atomic E-state index is 0. The quantitative estimate of drug-likeness (QED) is 0.871. The number of nitrogens with two attached hydrogens (primary N) is 1. The number of hydrogen-bond acceptors (Lipinski definition) is 3. The van der Waals surface area contributed by atoms with Crippen LogP contribution in [0.4, 0.5) is 5.69 Å². The smallest absolute Gasteiger partial charge is 0.224 e. The Balaban J connectivity index is 0.00000208. The second-order valence-corrected chi connectivity index (χ2v) is 6.37. The summed E-state index contributed by atoms with van der Waals surface area (Å²) in [6, 6.07) is 10.3. The molecule has 0 saturated heterocycles. The van der Waals surface area contributed by atoms with Crippen LogP contribution in [0.3, 0.4) is 0 Å². The Kier molecular flexibility index (Phi) is 6.82.